The molecule has 0 bridgehead atoms. The number of carbonyl (C=O) groups excluding carboxylic acids is 1. The van der Waals surface area contributed by atoms with Gasteiger partial charge >= 0.3 is 0 Å². The van der Waals surface area contributed by atoms with E-state index in [2.05, 4.69) is 24.4 Å². The molecular weight excluding hydrogens is 224 g/mol. The Morgan fingerprint density at radius 2 is 1.94 bits per heavy atom. The molecule has 98 valence electrons. The largest absolute Gasteiger partial charge is 0.273 e. The highest BCUT2D eigenvalue weighted by molar-refractivity contribution is 5.84. The first-order valence-corrected chi connectivity index (χ1v) is 6.44. The highest BCUT2D eigenvalue weighted by Crippen LogP contribution is 2.03. The highest BCUT2D eigenvalue weighted by atomic mass is 16.2. The third-order valence-electron chi connectivity index (χ3n) is 2.56. The summed E-state index contributed by atoms with van der Waals surface area (Å²) in [5.41, 5.74) is 4.75. The van der Waals surface area contributed by atoms with Crippen molar-refractivity contribution in [2.75, 3.05) is 0 Å². The van der Waals surface area contributed by atoms with Crippen LogP contribution in [0, 0.1) is 5.92 Å². The van der Waals surface area contributed by atoms with Crippen molar-refractivity contribution in [3.8, 4) is 0 Å². The fraction of sp³-hybridized carbons (Fsp3) is 0.467. The molecule has 1 aromatic rings. The van der Waals surface area contributed by atoms with E-state index in [1.807, 2.05) is 37.3 Å². The average molecular weight is 246 g/mol. The average Bonchev–Trinajstić information content (AvgIpc) is 2.34. The third kappa shape index (κ3) is 6.18. The van der Waals surface area contributed by atoms with Gasteiger partial charge in [-0.15, -0.1) is 0 Å². The molecule has 1 N–H and O–H groups in total. The molecule has 3 nitrogen and oxygen atoms in total. The van der Waals surface area contributed by atoms with Gasteiger partial charge in [-0.25, -0.2) is 5.43 Å². The van der Waals surface area contributed by atoms with Gasteiger partial charge in [-0.05, 0) is 31.2 Å². The number of nitrogens with one attached hydrogen (secondary N) is 1. The van der Waals surface area contributed by atoms with Gasteiger partial charge in [0.05, 0.1) is 0 Å². The molecule has 0 aliphatic rings. The highest BCUT2D eigenvalue weighted by Gasteiger charge is 2.02. The molecule has 0 spiro atoms. The van der Waals surface area contributed by atoms with E-state index in [1.165, 1.54) is 5.56 Å². The molecule has 1 aromatic carbocycles. The molecule has 0 saturated heterocycles. The van der Waals surface area contributed by atoms with Crippen molar-refractivity contribution in [2.24, 2.45) is 11.0 Å². The molecule has 0 fully saturated rings. The predicted octanol–water partition coefficient (Wildman–Crippen LogP) is 3.16. The Kier molecular flexibility index (Phi) is 6.12. The summed E-state index contributed by atoms with van der Waals surface area (Å²) in [5, 5.41) is 4.09. The van der Waals surface area contributed by atoms with Crippen LogP contribution in [0.15, 0.2) is 35.4 Å². The number of carbonyl (C=O) groups is 1. The van der Waals surface area contributed by atoms with Crippen LogP contribution in [0.2, 0.25) is 0 Å². The molecule has 3 heteroatoms. The summed E-state index contributed by atoms with van der Waals surface area (Å²) in [6, 6.07) is 10.0. The molecule has 0 aromatic heterocycles. The lowest BCUT2D eigenvalue weighted by Crippen LogP contribution is -2.19. The van der Waals surface area contributed by atoms with Crippen LogP contribution in [0.4, 0.5) is 0 Å². The minimum atomic E-state index is -0.0260. The first-order chi connectivity index (χ1) is 8.58. The number of nitrogens with zero attached hydrogens (tertiary/aromatic N) is 1. The lowest BCUT2D eigenvalue weighted by Gasteiger charge is -2.05. The van der Waals surface area contributed by atoms with Crippen LogP contribution in [0.3, 0.4) is 0 Å². The minimum Gasteiger partial charge on any atom is -0.273 e. The fourth-order valence-electron chi connectivity index (χ4n) is 1.75. The number of amides is 1. The number of hydrogen-bond donors (Lipinski definition) is 1. The molecule has 0 heterocycles. The minimum absolute atomic E-state index is 0.0260. The van der Waals surface area contributed by atoms with Gasteiger partial charge in [-0.2, -0.15) is 5.10 Å². The summed E-state index contributed by atoms with van der Waals surface area (Å²) >= 11 is 0. The van der Waals surface area contributed by atoms with Crippen molar-refractivity contribution < 1.29 is 4.79 Å². The fourth-order valence-corrected chi connectivity index (χ4v) is 1.75. The lowest BCUT2D eigenvalue weighted by atomic mass is 10.1. The van der Waals surface area contributed by atoms with Crippen molar-refractivity contribution >= 4 is 11.6 Å². The molecule has 0 atom stereocenters. The van der Waals surface area contributed by atoms with Gasteiger partial charge in [-0.3, -0.25) is 4.79 Å². The van der Waals surface area contributed by atoms with Gasteiger partial charge < -0.3 is 0 Å². The summed E-state index contributed by atoms with van der Waals surface area (Å²) < 4.78 is 0. The van der Waals surface area contributed by atoms with Crippen molar-refractivity contribution in [1.82, 2.24) is 5.43 Å². The van der Waals surface area contributed by atoms with Crippen LogP contribution in [-0.2, 0) is 11.2 Å². The Morgan fingerprint density at radius 3 is 2.56 bits per heavy atom. The van der Waals surface area contributed by atoms with Gasteiger partial charge in [0.1, 0.15) is 0 Å². The summed E-state index contributed by atoms with van der Waals surface area (Å²) in [6.45, 7) is 6.21. The molecule has 0 radical (unpaired) electrons. The van der Waals surface area contributed by atoms with Gasteiger partial charge in [0.25, 0.3) is 0 Å². The number of aryl methyl sites for hydroxylation is 1. The van der Waals surface area contributed by atoms with Crippen LogP contribution in [0.5, 0.6) is 0 Å². The molecule has 18 heavy (non-hydrogen) atoms. The second-order valence-corrected chi connectivity index (χ2v) is 4.97. The summed E-state index contributed by atoms with van der Waals surface area (Å²) in [5.74, 6) is 0.539. The van der Waals surface area contributed by atoms with E-state index in [4.69, 9.17) is 0 Å². The van der Waals surface area contributed by atoms with E-state index < -0.39 is 0 Å². The van der Waals surface area contributed by atoms with Crippen LogP contribution in [0.1, 0.15) is 39.2 Å². The van der Waals surface area contributed by atoms with E-state index in [9.17, 15) is 4.79 Å². The second kappa shape index (κ2) is 7.64. The van der Waals surface area contributed by atoms with Crippen LogP contribution in [-0.4, -0.2) is 11.6 Å². The Morgan fingerprint density at radius 1 is 1.28 bits per heavy atom. The van der Waals surface area contributed by atoms with Crippen LogP contribution in [0.25, 0.3) is 0 Å². The SMILES string of the molecule is C/C(CC(C)C)=N\NC(=O)CCc1ccccc1. The summed E-state index contributed by atoms with van der Waals surface area (Å²) in [6.07, 6.45) is 2.15. The van der Waals surface area contributed by atoms with E-state index in [0.29, 0.717) is 12.3 Å². The zero-order chi connectivity index (χ0) is 13.4. The normalized spacial score (nSPS) is 11.7. The van der Waals surface area contributed by atoms with Crippen molar-refractivity contribution in [1.29, 1.82) is 0 Å². The van der Waals surface area contributed by atoms with Gasteiger partial charge in [0.15, 0.2) is 0 Å². The molecule has 0 aliphatic carbocycles. The number of hydrazone groups is 1. The first-order valence-electron chi connectivity index (χ1n) is 6.44. The quantitative estimate of drug-likeness (QED) is 0.608. The lowest BCUT2D eigenvalue weighted by molar-refractivity contribution is -0.121. The predicted molar refractivity (Wildman–Crippen MR) is 75.5 cm³/mol. The number of hydrogen-bond acceptors (Lipinski definition) is 2. The molecule has 1 rings (SSSR count). The number of benzene rings is 1. The first kappa shape index (κ1) is 14.4. The maximum Gasteiger partial charge on any atom is 0.240 e. The van der Waals surface area contributed by atoms with E-state index in [0.717, 1.165) is 18.6 Å². The van der Waals surface area contributed by atoms with E-state index in [1.54, 1.807) is 0 Å². The van der Waals surface area contributed by atoms with Gasteiger partial charge in [0.2, 0.25) is 5.91 Å². The third-order valence-corrected chi connectivity index (χ3v) is 2.56. The number of rotatable bonds is 6. The van der Waals surface area contributed by atoms with Gasteiger partial charge in [-0.1, -0.05) is 44.2 Å². The Labute approximate surface area is 109 Å². The van der Waals surface area contributed by atoms with Crippen molar-refractivity contribution in [2.45, 2.75) is 40.0 Å². The van der Waals surface area contributed by atoms with E-state index in [-0.39, 0.29) is 5.91 Å². The molecular formula is C15H22N2O. The van der Waals surface area contributed by atoms with Crippen LogP contribution < -0.4 is 5.43 Å². The zero-order valence-electron chi connectivity index (χ0n) is 11.4. The Hall–Kier alpha value is -1.64. The standard InChI is InChI=1S/C15H22N2O/c1-12(2)11-13(3)16-17-15(18)10-9-14-7-5-4-6-8-14/h4-8,12H,9-11H2,1-3H3,(H,17,18)/b16-13+. The maximum absolute atomic E-state index is 11.6. The summed E-state index contributed by atoms with van der Waals surface area (Å²) in [7, 11) is 0. The Bertz CT molecular complexity index is 396. The molecule has 0 unspecified atom stereocenters. The maximum atomic E-state index is 11.6. The monoisotopic (exact) mass is 246 g/mol. The van der Waals surface area contributed by atoms with Gasteiger partial charge in [0, 0.05) is 12.1 Å². The molecule has 1 amide bonds. The van der Waals surface area contributed by atoms with Crippen molar-refractivity contribution in [3.63, 3.8) is 0 Å². The van der Waals surface area contributed by atoms with Crippen molar-refractivity contribution in [3.05, 3.63) is 35.9 Å². The second-order valence-electron chi connectivity index (χ2n) is 4.97. The summed E-state index contributed by atoms with van der Waals surface area (Å²) in [4.78, 5) is 11.6. The topological polar surface area (TPSA) is 41.5 Å². The van der Waals surface area contributed by atoms with E-state index >= 15 is 0 Å². The molecule has 0 saturated carbocycles. The zero-order valence-corrected chi connectivity index (χ0v) is 11.4. The smallest absolute Gasteiger partial charge is 0.240 e. The molecule has 0 aliphatic heterocycles. The van der Waals surface area contributed by atoms with Crippen LogP contribution >= 0.6 is 0 Å². The Balaban J connectivity index is 2.30.